The van der Waals surface area contributed by atoms with Gasteiger partial charge in [0.2, 0.25) is 0 Å². The van der Waals surface area contributed by atoms with Crippen LogP contribution < -0.4 is 5.32 Å². The highest BCUT2D eigenvalue weighted by molar-refractivity contribution is 5.74. The monoisotopic (exact) mass is 296 g/mol. The number of hydrogen-bond donors (Lipinski definition) is 2. The van der Waals surface area contributed by atoms with Crippen molar-refractivity contribution in [3.05, 3.63) is 24.2 Å². The smallest absolute Gasteiger partial charge is 0.329 e. The summed E-state index contributed by atoms with van der Waals surface area (Å²) in [5.74, 6) is -0.259. The Morgan fingerprint density at radius 2 is 2.24 bits per heavy atom. The van der Waals surface area contributed by atoms with E-state index < -0.39 is 5.97 Å². The first-order chi connectivity index (χ1) is 10.1. The molecule has 0 aromatic carbocycles. The molecule has 1 aromatic heterocycles. The number of likely N-dealkylation sites (tertiary alicyclic amines) is 1. The summed E-state index contributed by atoms with van der Waals surface area (Å²) in [6, 6.07) is 3.27. The molecule has 0 spiro atoms. The summed E-state index contributed by atoms with van der Waals surface area (Å²) >= 11 is 0. The van der Waals surface area contributed by atoms with E-state index in [2.05, 4.69) is 5.32 Å². The third-order valence-electron chi connectivity index (χ3n) is 3.48. The van der Waals surface area contributed by atoms with E-state index in [1.165, 1.54) is 0 Å². The Morgan fingerprint density at radius 1 is 1.52 bits per heavy atom. The van der Waals surface area contributed by atoms with Crippen molar-refractivity contribution < 1.29 is 23.8 Å². The van der Waals surface area contributed by atoms with Crippen molar-refractivity contribution in [1.29, 1.82) is 0 Å². The number of carboxylic acids is 1. The lowest BCUT2D eigenvalue weighted by molar-refractivity contribution is -0.145. The van der Waals surface area contributed by atoms with E-state index in [4.69, 9.17) is 14.3 Å². The van der Waals surface area contributed by atoms with Crippen LogP contribution in [0.1, 0.15) is 31.6 Å². The van der Waals surface area contributed by atoms with E-state index >= 15 is 0 Å². The van der Waals surface area contributed by atoms with Crippen molar-refractivity contribution in [2.75, 3.05) is 19.7 Å². The summed E-state index contributed by atoms with van der Waals surface area (Å²) in [6.45, 7) is 2.69. The van der Waals surface area contributed by atoms with Crippen molar-refractivity contribution in [1.82, 2.24) is 10.2 Å². The summed E-state index contributed by atoms with van der Waals surface area (Å²) < 4.78 is 10.5. The minimum atomic E-state index is -0.970. The van der Waals surface area contributed by atoms with Gasteiger partial charge in [0.25, 0.3) is 0 Å². The first-order valence-corrected chi connectivity index (χ1v) is 6.98. The van der Waals surface area contributed by atoms with Gasteiger partial charge in [-0.25, -0.2) is 9.59 Å². The number of rotatable bonds is 5. The van der Waals surface area contributed by atoms with Crippen molar-refractivity contribution in [2.24, 2.45) is 0 Å². The number of nitrogens with zero attached hydrogens (tertiary/aromatic N) is 1. The Kier molecular flexibility index (Phi) is 5.21. The first-order valence-electron chi connectivity index (χ1n) is 6.98. The second kappa shape index (κ2) is 7.12. The lowest BCUT2D eigenvalue weighted by atomic mass is 10.1. The van der Waals surface area contributed by atoms with Gasteiger partial charge in [-0.1, -0.05) is 0 Å². The van der Waals surface area contributed by atoms with E-state index in [1.807, 2.05) is 13.0 Å². The predicted molar refractivity (Wildman–Crippen MR) is 73.8 cm³/mol. The number of urea groups is 1. The topological polar surface area (TPSA) is 92.0 Å². The molecule has 0 bridgehead atoms. The van der Waals surface area contributed by atoms with Crippen molar-refractivity contribution in [3.63, 3.8) is 0 Å². The summed E-state index contributed by atoms with van der Waals surface area (Å²) in [4.78, 5) is 24.3. The number of nitrogens with one attached hydrogen (secondary N) is 1. The second-order valence-corrected chi connectivity index (χ2v) is 5.08. The molecule has 1 fully saturated rings. The molecule has 21 heavy (non-hydrogen) atoms. The minimum absolute atomic E-state index is 0.0901. The molecule has 1 atom stereocenters. The van der Waals surface area contributed by atoms with E-state index in [0.29, 0.717) is 31.7 Å². The van der Waals surface area contributed by atoms with Gasteiger partial charge in [0.05, 0.1) is 18.4 Å². The molecule has 7 heteroatoms. The summed E-state index contributed by atoms with van der Waals surface area (Å²) in [7, 11) is 0. The molecule has 116 valence electrons. The maximum Gasteiger partial charge on any atom is 0.329 e. The number of carboxylic acid groups (broad SMARTS) is 1. The van der Waals surface area contributed by atoms with E-state index in [-0.39, 0.29) is 24.8 Å². The number of amides is 2. The highest BCUT2D eigenvalue weighted by Crippen LogP contribution is 2.16. The van der Waals surface area contributed by atoms with Crippen LogP contribution in [-0.4, -0.2) is 47.8 Å². The Labute approximate surface area is 122 Å². The molecule has 1 aromatic rings. The number of hydrogen-bond acceptors (Lipinski definition) is 4. The predicted octanol–water partition coefficient (Wildman–Crippen LogP) is 1.62. The molecule has 2 amide bonds. The number of furan rings is 1. The zero-order valence-electron chi connectivity index (χ0n) is 11.9. The molecule has 1 saturated heterocycles. The molecule has 1 aliphatic heterocycles. The Morgan fingerprint density at radius 3 is 2.81 bits per heavy atom. The first kappa shape index (κ1) is 15.4. The highest BCUT2D eigenvalue weighted by atomic mass is 16.5. The van der Waals surface area contributed by atoms with E-state index in [9.17, 15) is 9.59 Å². The molecule has 2 N–H and O–H groups in total. The second-order valence-electron chi connectivity index (χ2n) is 5.08. The maximum absolute atomic E-state index is 12.1. The molecule has 7 nitrogen and oxygen atoms in total. The van der Waals surface area contributed by atoms with Gasteiger partial charge in [0.1, 0.15) is 12.4 Å². The van der Waals surface area contributed by atoms with Crippen LogP contribution in [0.4, 0.5) is 4.79 Å². The van der Waals surface area contributed by atoms with Crippen molar-refractivity contribution in [3.8, 4) is 0 Å². The lowest BCUT2D eigenvalue weighted by Gasteiger charge is -2.32. The van der Waals surface area contributed by atoms with Crippen LogP contribution in [0.25, 0.3) is 0 Å². The van der Waals surface area contributed by atoms with Crippen LogP contribution in [0, 0.1) is 0 Å². The van der Waals surface area contributed by atoms with Gasteiger partial charge in [-0.2, -0.15) is 0 Å². The SMILES string of the molecule is CC(NC(=O)N1CCC(OCC(=O)O)CC1)c1ccco1. The number of carbonyl (C=O) groups excluding carboxylic acids is 1. The highest BCUT2D eigenvalue weighted by Gasteiger charge is 2.25. The van der Waals surface area contributed by atoms with Gasteiger partial charge < -0.3 is 24.5 Å². The maximum atomic E-state index is 12.1. The van der Waals surface area contributed by atoms with Gasteiger partial charge in [-0.05, 0) is 31.9 Å². The molecular weight excluding hydrogens is 276 g/mol. The average molecular weight is 296 g/mol. The Balaban J connectivity index is 1.74. The van der Waals surface area contributed by atoms with Crippen molar-refractivity contribution in [2.45, 2.75) is 31.9 Å². The Bertz CT molecular complexity index is 466. The van der Waals surface area contributed by atoms with Gasteiger partial charge >= 0.3 is 12.0 Å². The molecule has 1 aliphatic rings. The zero-order chi connectivity index (χ0) is 15.2. The normalized spacial score (nSPS) is 17.5. The number of aliphatic carboxylic acids is 1. The van der Waals surface area contributed by atoms with Crippen molar-refractivity contribution >= 4 is 12.0 Å². The molecular formula is C14H20N2O5. The number of piperidine rings is 1. The average Bonchev–Trinajstić information content (AvgIpc) is 3.00. The molecule has 0 saturated carbocycles. The summed E-state index contributed by atoms with van der Waals surface area (Å²) in [6.07, 6.45) is 2.78. The fraction of sp³-hybridized carbons (Fsp3) is 0.571. The fourth-order valence-corrected chi connectivity index (χ4v) is 2.30. The molecule has 0 aliphatic carbocycles. The van der Waals surface area contributed by atoms with Gasteiger partial charge in [-0.3, -0.25) is 0 Å². The van der Waals surface area contributed by atoms with E-state index in [1.54, 1.807) is 17.2 Å². The third-order valence-corrected chi connectivity index (χ3v) is 3.48. The zero-order valence-corrected chi connectivity index (χ0v) is 11.9. The largest absolute Gasteiger partial charge is 0.480 e. The molecule has 2 rings (SSSR count). The van der Waals surface area contributed by atoms with Gasteiger partial charge in [-0.15, -0.1) is 0 Å². The molecule has 1 unspecified atom stereocenters. The quantitative estimate of drug-likeness (QED) is 0.861. The molecule has 2 heterocycles. The van der Waals surface area contributed by atoms with Gasteiger partial charge in [0, 0.05) is 13.1 Å². The number of ether oxygens (including phenoxy) is 1. The Hall–Kier alpha value is -2.02. The summed E-state index contributed by atoms with van der Waals surface area (Å²) in [5.41, 5.74) is 0. The molecule has 0 radical (unpaired) electrons. The van der Waals surface area contributed by atoms with Crippen LogP contribution in [0.5, 0.6) is 0 Å². The number of carbonyl (C=O) groups is 2. The minimum Gasteiger partial charge on any atom is -0.480 e. The van der Waals surface area contributed by atoms with Crippen LogP contribution in [0.3, 0.4) is 0 Å². The van der Waals surface area contributed by atoms with Gasteiger partial charge in [0.15, 0.2) is 0 Å². The van der Waals surface area contributed by atoms with Crippen LogP contribution in [0.15, 0.2) is 22.8 Å². The standard InChI is InChI=1S/C14H20N2O5/c1-10(12-3-2-8-20-12)15-14(19)16-6-4-11(5-7-16)21-9-13(17)18/h2-3,8,10-11H,4-7,9H2,1H3,(H,15,19)(H,17,18). The van der Waals surface area contributed by atoms with E-state index in [0.717, 1.165) is 0 Å². The summed E-state index contributed by atoms with van der Waals surface area (Å²) in [5, 5.41) is 11.4. The van der Waals surface area contributed by atoms with Crippen LogP contribution in [0.2, 0.25) is 0 Å². The fourth-order valence-electron chi connectivity index (χ4n) is 2.30. The third kappa shape index (κ3) is 4.49. The van der Waals surface area contributed by atoms with Crippen LogP contribution in [-0.2, 0) is 9.53 Å². The van der Waals surface area contributed by atoms with Crippen LogP contribution >= 0.6 is 0 Å². The lowest BCUT2D eigenvalue weighted by Crippen LogP contribution is -2.46.